The Morgan fingerprint density at radius 2 is 2.06 bits per heavy atom. The van der Waals surface area contributed by atoms with Gasteiger partial charge in [-0.25, -0.2) is 0 Å². The predicted molar refractivity (Wildman–Crippen MR) is 71.8 cm³/mol. The van der Waals surface area contributed by atoms with E-state index in [1.165, 1.54) is 18.4 Å². The summed E-state index contributed by atoms with van der Waals surface area (Å²) in [4.78, 5) is 2.44. The van der Waals surface area contributed by atoms with Gasteiger partial charge in [-0.3, -0.25) is 4.90 Å². The summed E-state index contributed by atoms with van der Waals surface area (Å²) in [6.45, 7) is 2.92. The molecular weight excluding hydrogens is 288 g/mol. The molecule has 1 atom stereocenters. The highest BCUT2D eigenvalue weighted by molar-refractivity contribution is 9.10. The lowest BCUT2D eigenvalue weighted by atomic mass is 10.1. The minimum absolute atomic E-state index is 0.288. The first kappa shape index (κ1) is 12.4. The van der Waals surface area contributed by atoms with Crippen LogP contribution in [0.3, 0.4) is 0 Å². The number of hydrogen-bond acceptors (Lipinski definition) is 2. The van der Waals surface area contributed by atoms with Crippen molar-refractivity contribution in [3.63, 3.8) is 0 Å². The average Bonchev–Trinajstić information content (AvgIpc) is 2.78. The molecule has 88 valence electrons. The normalized spacial score (nSPS) is 18.9. The summed E-state index contributed by atoms with van der Waals surface area (Å²) in [6.07, 6.45) is 2.55. The summed E-state index contributed by atoms with van der Waals surface area (Å²) in [5.41, 5.74) is 7.10. The lowest BCUT2D eigenvalue weighted by Gasteiger charge is -2.27. The molecular formula is C12H16BrClN2. The van der Waals surface area contributed by atoms with Crippen LogP contribution in [0.5, 0.6) is 0 Å². The van der Waals surface area contributed by atoms with Crippen LogP contribution in [0.1, 0.15) is 24.4 Å². The smallest absolute Gasteiger partial charge is 0.0482 e. The topological polar surface area (TPSA) is 29.3 Å². The number of nitrogens with zero attached hydrogens (tertiary/aromatic N) is 1. The molecule has 0 amide bonds. The van der Waals surface area contributed by atoms with Crippen molar-refractivity contribution in [2.24, 2.45) is 5.73 Å². The summed E-state index contributed by atoms with van der Waals surface area (Å²) in [5.74, 6) is 0. The van der Waals surface area contributed by atoms with Gasteiger partial charge in [-0.05, 0) is 49.7 Å². The molecule has 1 unspecified atom stereocenters. The molecule has 0 radical (unpaired) electrons. The molecule has 0 aromatic heterocycles. The van der Waals surface area contributed by atoms with Gasteiger partial charge >= 0.3 is 0 Å². The number of rotatable bonds is 3. The minimum atomic E-state index is 0.288. The molecule has 1 aromatic carbocycles. The van der Waals surface area contributed by atoms with Crippen molar-refractivity contribution >= 4 is 27.5 Å². The van der Waals surface area contributed by atoms with E-state index in [-0.39, 0.29) is 6.04 Å². The van der Waals surface area contributed by atoms with Crippen LogP contribution in [0.15, 0.2) is 22.7 Å². The third kappa shape index (κ3) is 2.59. The highest BCUT2D eigenvalue weighted by Gasteiger charge is 2.23. The molecule has 2 nitrogen and oxygen atoms in total. The number of hydrogen-bond donors (Lipinski definition) is 1. The molecule has 1 aliphatic rings. The number of halogens is 2. The zero-order valence-electron chi connectivity index (χ0n) is 9.13. The third-order valence-electron chi connectivity index (χ3n) is 3.12. The van der Waals surface area contributed by atoms with Crippen LogP contribution >= 0.6 is 27.5 Å². The van der Waals surface area contributed by atoms with Crippen molar-refractivity contribution in [3.8, 4) is 0 Å². The maximum absolute atomic E-state index is 6.04. The Hall–Kier alpha value is -0.0900. The van der Waals surface area contributed by atoms with E-state index in [9.17, 15) is 0 Å². The largest absolute Gasteiger partial charge is 0.329 e. The van der Waals surface area contributed by atoms with Crippen molar-refractivity contribution in [3.05, 3.63) is 33.3 Å². The van der Waals surface area contributed by atoms with Crippen LogP contribution in [0, 0.1) is 0 Å². The highest BCUT2D eigenvalue weighted by atomic mass is 79.9. The Labute approximate surface area is 110 Å². The second-order valence-electron chi connectivity index (χ2n) is 4.16. The molecule has 1 heterocycles. The predicted octanol–water partition coefficient (Wildman–Crippen LogP) is 3.20. The molecule has 2 N–H and O–H groups in total. The summed E-state index contributed by atoms with van der Waals surface area (Å²) in [7, 11) is 0. The van der Waals surface area contributed by atoms with Crippen molar-refractivity contribution in [2.45, 2.75) is 18.9 Å². The molecule has 1 aromatic rings. The number of likely N-dealkylation sites (tertiary alicyclic amines) is 1. The van der Waals surface area contributed by atoms with E-state index in [1.807, 2.05) is 18.2 Å². The Morgan fingerprint density at radius 3 is 2.69 bits per heavy atom. The van der Waals surface area contributed by atoms with Gasteiger partial charge in [-0.2, -0.15) is 0 Å². The van der Waals surface area contributed by atoms with E-state index >= 15 is 0 Å². The van der Waals surface area contributed by atoms with E-state index in [1.54, 1.807) is 0 Å². The molecule has 4 heteroatoms. The van der Waals surface area contributed by atoms with Crippen LogP contribution < -0.4 is 5.73 Å². The lowest BCUT2D eigenvalue weighted by molar-refractivity contribution is 0.250. The van der Waals surface area contributed by atoms with Gasteiger partial charge in [0.1, 0.15) is 0 Å². The van der Waals surface area contributed by atoms with Crippen LogP contribution in [0.4, 0.5) is 0 Å². The van der Waals surface area contributed by atoms with E-state index < -0.39 is 0 Å². The Balaban J connectivity index is 2.28. The van der Waals surface area contributed by atoms with Gasteiger partial charge in [0.25, 0.3) is 0 Å². The first-order chi connectivity index (χ1) is 7.72. The van der Waals surface area contributed by atoms with E-state index in [0.29, 0.717) is 6.54 Å². The maximum atomic E-state index is 6.04. The fraction of sp³-hybridized carbons (Fsp3) is 0.500. The van der Waals surface area contributed by atoms with Gasteiger partial charge in [0.15, 0.2) is 0 Å². The Morgan fingerprint density at radius 1 is 1.38 bits per heavy atom. The minimum Gasteiger partial charge on any atom is -0.329 e. The van der Waals surface area contributed by atoms with Crippen LogP contribution in [-0.4, -0.2) is 24.5 Å². The van der Waals surface area contributed by atoms with Gasteiger partial charge in [-0.1, -0.05) is 27.5 Å². The molecule has 0 saturated carbocycles. The third-order valence-corrected chi connectivity index (χ3v) is 4.08. The molecule has 16 heavy (non-hydrogen) atoms. The first-order valence-corrected chi connectivity index (χ1v) is 6.78. The molecule has 0 aliphatic carbocycles. The van der Waals surface area contributed by atoms with Crippen LogP contribution in [-0.2, 0) is 0 Å². The summed E-state index contributed by atoms with van der Waals surface area (Å²) in [5, 5.41) is 0.774. The fourth-order valence-electron chi connectivity index (χ4n) is 2.30. The van der Waals surface area contributed by atoms with Crippen molar-refractivity contribution in [2.75, 3.05) is 19.6 Å². The fourth-order valence-corrected chi connectivity index (χ4v) is 2.99. The molecule has 0 bridgehead atoms. The second kappa shape index (κ2) is 5.50. The maximum Gasteiger partial charge on any atom is 0.0482 e. The van der Waals surface area contributed by atoms with E-state index in [2.05, 4.69) is 20.8 Å². The molecule has 1 fully saturated rings. The quantitative estimate of drug-likeness (QED) is 0.929. The van der Waals surface area contributed by atoms with Crippen molar-refractivity contribution in [1.29, 1.82) is 0 Å². The zero-order valence-corrected chi connectivity index (χ0v) is 11.5. The van der Waals surface area contributed by atoms with Crippen molar-refractivity contribution in [1.82, 2.24) is 4.90 Å². The van der Waals surface area contributed by atoms with Gasteiger partial charge in [-0.15, -0.1) is 0 Å². The molecule has 2 rings (SSSR count). The SMILES string of the molecule is NCC(c1cc(Cl)ccc1Br)N1CCCC1. The van der Waals surface area contributed by atoms with Crippen LogP contribution in [0.2, 0.25) is 5.02 Å². The number of benzene rings is 1. The van der Waals surface area contributed by atoms with E-state index in [0.717, 1.165) is 22.6 Å². The lowest BCUT2D eigenvalue weighted by Crippen LogP contribution is -2.31. The summed E-state index contributed by atoms with van der Waals surface area (Å²) in [6, 6.07) is 6.19. The van der Waals surface area contributed by atoms with Gasteiger partial charge in [0, 0.05) is 22.1 Å². The van der Waals surface area contributed by atoms with Gasteiger partial charge in [0.05, 0.1) is 0 Å². The second-order valence-corrected chi connectivity index (χ2v) is 5.45. The molecule has 0 spiro atoms. The molecule has 1 aliphatic heterocycles. The first-order valence-electron chi connectivity index (χ1n) is 5.61. The van der Waals surface area contributed by atoms with E-state index in [4.69, 9.17) is 17.3 Å². The zero-order chi connectivity index (χ0) is 11.5. The van der Waals surface area contributed by atoms with Crippen molar-refractivity contribution < 1.29 is 0 Å². The monoisotopic (exact) mass is 302 g/mol. The Kier molecular flexibility index (Phi) is 4.25. The highest BCUT2D eigenvalue weighted by Crippen LogP contribution is 2.31. The number of nitrogens with two attached hydrogens (primary N) is 1. The average molecular weight is 304 g/mol. The summed E-state index contributed by atoms with van der Waals surface area (Å²) < 4.78 is 1.10. The Bertz CT molecular complexity index is 364. The standard InChI is InChI=1S/C12H16BrClN2/c13-11-4-3-9(14)7-10(11)12(8-15)16-5-1-2-6-16/h3-4,7,12H,1-2,5-6,8,15H2. The van der Waals surface area contributed by atoms with Crippen LogP contribution in [0.25, 0.3) is 0 Å². The summed E-state index contributed by atoms with van der Waals surface area (Å²) >= 11 is 9.62. The van der Waals surface area contributed by atoms with Gasteiger partial charge in [0.2, 0.25) is 0 Å². The molecule has 1 saturated heterocycles. The van der Waals surface area contributed by atoms with Gasteiger partial charge < -0.3 is 5.73 Å².